The fourth-order valence-electron chi connectivity index (χ4n) is 3.70. The quantitative estimate of drug-likeness (QED) is 0.669. The lowest BCUT2D eigenvalue weighted by Crippen LogP contribution is -2.46. The Morgan fingerprint density at radius 1 is 0.900 bits per heavy atom. The van der Waals surface area contributed by atoms with E-state index in [0.29, 0.717) is 21.3 Å². The molecule has 156 valence electrons. The lowest BCUT2D eigenvalue weighted by Gasteiger charge is -2.34. The Balaban J connectivity index is 1.75. The van der Waals surface area contributed by atoms with Crippen LogP contribution < -0.4 is 4.90 Å². The summed E-state index contributed by atoms with van der Waals surface area (Å²) in [5.74, 6) is -0.503. The number of hydrogen-bond donors (Lipinski definition) is 0. The highest BCUT2D eigenvalue weighted by atomic mass is 35.5. The van der Waals surface area contributed by atoms with E-state index in [1.807, 2.05) is 44.2 Å². The first-order valence-electron chi connectivity index (χ1n) is 9.92. The maximum absolute atomic E-state index is 13.6. The molecule has 2 aromatic carbocycles. The molecule has 7 heteroatoms. The fourth-order valence-corrected chi connectivity index (χ4v) is 4.82. The first-order valence-corrected chi connectivity index (χ1v) is 11.1. The van der Waals surface area contributed by atoms with Crippen molar-refractivity contribution in [2.45, 2.75) is 18.7 Å². The van der Waals surface area contributed by atoms with Gasteiger partial charge in [0.2, 0.25) is 0 Å². The summed E-state index contributed by atoms with van der Waals surface area (Å²) in [6.45, 7) is 7.04. The topological polar surface area (TPSA) is 43.9 Å². The minimum atomic E-state index is -0.262. The number of carbonyl (C=O) groups is 2. The van der Waals surface area contributed by atoms with Crippen molar-refractivity contribution in [3.63, 3.8) is 0 Å². The van der Waals surface area contributed by atoms with E-state index in [1.165, 1.54) is 16.7 Å². The van der Waals surface area contributed by atoms with Crippen LogP contribution in [0.4, 0.5) is 5.69 Å². The van der Waals surface area contributed by atoms with E-state index in [-0.39, 0.29) is 11.8 Å². The molecule has 2 aliphatic rings. The normalized spacial score (nSPS) is 18.0. The van der Waals surface area contributed by atoms with Crippen LogP contribution >= 0.6 is 23.4 Å². The van der Waals surface area contributed by atoms with Crippen LogP contribution in [0, 0.1) is 13.8 Å². The molecule has 1 saturated heterocycles. The van der Waals surface area contributed by atoms with E-state index in [4.69, 9.17) is 11.6 Å². The zero-order valence-corrected chi connectivity index (χ0v) is 18.9. The van der Waals surface area contributed by atoms with Crippen LogP contribution in [0.25, 0.3) is 0 Å². The molecule has 0 N–H and O–H groups in total. The van der Waals surface area contributed by atoms with E-state index in [1.54, 1.807) is 12.1 Å². The molecular formula is C23H24ClN3O2S. The summed E-state index contributed by atoms with van der Waals surface area (Å²) >= 11 is 7.35. The summed E-state index contributed by atoms with van der Waals surface area (Å²) in [7, 11) is 2.07. The van der Waals surface area contributed by atoms with Crippen molar-refractivity contribution in [1.82, 2.24) is 9.80 Å². The first-order chi connectivity index (χ1) is 14.3. The third-order valence-corrected chi connectivity index (χ3v) is 6.81. The van der Waals surface area contributed by atoms with Gasteiger partial charge in [-0.2, -0.15) is 0 Å². The van der Waals surface area contributed by atoms with Crippen molar-refractivity contribution in [3.05, 3.63) is 69.2 Å². The Kier molecular flexibility index (Phi) is 5.91. The average molecular weight is 442 g/mol. The molecule has 0 saturated carbocycles. The van der Waals surface area contributed by atoms with Crippen molar-refractivity contribution < 1.29 is 9.59 Å². The molecule has 0 radical (unpaired) electrons. The number of thioether (sulfide) groups is 1. The Labute approximate surface area is 186 Å². The molecule has 0 bridgehead atoms. The second kappa shape index (κ2) is 8.46. The molecule has 1 fully saturated rings. The number of nitrogens with zero attached hydrogens (tertiary/aromatic N) is 3. The first kappa shape index (κ1) is 21.0. The zero-order chi connectivity index (χ0) is 21.4. The van der Waals surface area contributed by atoms with Gasteiger partial charge in [0, 0.05) is 36.1 Å². The molecule has 2 amide bonds. The standard InChI is InChI=1S/C23H24ClN3O2S/c1-15-4-5-16(2)19(14-15)27-22(28)20(26-12-10-25(3)11-13-26)21(23(27)29)30-18-8-6-17(24)7-9-18/h4-9,14H,10-13H2,1-3H3. The second-order valence-electron chi connectivity index (χ2n) is 7.76. The molecule has 0 atom stereocenters. The SMILES string of the molecule is Cc1ccc(C)c(N2C(=O)C(Sc3ccc(Cl)cc3)=C(N3CCN(C)CC3)C2=O)c1. The zero-order valence-electron chi connectivity index (χ0n) is 17.3. The van der Waals surface area contributed by atoms with Gasteiger partial charge in [0.05, 0.1) is 5.69 Å². The highest BCUT2D eigenvalue weighted by Crippen LogP contribution is 2.40. The summed E-state index contributed by atoms with van der Waals surface area (Å²) < 4.78 is 0. The number of hydrogen-bond acceptors (Lipinski definition) is 5. The van der Waals surface area contributed by atoms with Gasteiger partial charge in [-0.25, -0.2) is 4.90 Å². The van der Waals surface area contributed by atoms with Crippen LogP contribution in [-0.4, -0.2) is 54.8 Å². The number of benzene rings is 2. The Morgan fingerprint density at radius 3 is 2.23 bits per heavy atom. The summed E-state index contributed by atoms with van der Waals surface area (Å²) in [4.78, 5) is 34.1. The average Bonchev–Trinajstić information content (AvgIpc) is 2.96. The molecule has 5 nitrogen and oxygen atoms in total. The number of carbonyl (C=O) groups excluding carboxylic acids is 2. The molecule has 30 heavy (non-hydrogen) atoms. The van der Waals surface area contributed by atoms with Crippen LogP contribution in [0.3, 0.4) is 0 Å². The van der Waals surface area contributed by atoms with Crippen LogP contribution in [0.5, 0.6) is 0 Å². The fraction of sp³-hybridized carbons (Fsp3) is 0.304. The molecule has 2 aromatic rings. The van der Waals surface area contributed by atoms with E-state index >= 15 is 0 Å². The number of amides is 2. The predicted molar refractivity (Wildman–Crippen MR) is 122 cm³/mol. The monoisotopic (exact) mass is 441 g/mol. The van der Waals surface area contributed by atoms with Gasteiger partial charge in [-0.05, 0) is 62.4 Å². The van der Waals surface area contributed by atoms with Gasteiger partial charge >= 0.3 is 0 Å². The van der Waals surface area contributed by atoms with Crippen molar-refractivity contribution in [2.24, 2.45) is 0 Å². The lowest BCUT2D eigenvalue weighted by molar-refractivity contribution is -0.121. The van der Waals surface area contributed by atoms with E-state index < -0.39 is 0 Å². The van der Waals surface area contributed by atoms with Crippen molar-refractivity contribution in [2.75, 3.05) is 38.1 Å². The highest BCUT2D eigenvalue weighted by Gasteiger charge is 2.43. The Morgan fingerprint density at radius 2 is 1.57 bits per heavy atom. The Hall–Kier alpha value is -2.28. The van der Waals surface area contributed by atoms with E-state index in [0.717, 1.165) is 42.2 Å². The number of anilines is 1. The molecule has 0 spiro atoms. The molecule has 2 heterocycles. The van der Waals surface area contributed by atoms with Gasteiger partial charge in [-0.15, -0.1) is 0 Å². The third kappa shape index (κ3) is 4.00. The van der Waals surface area contributed by atoms with Gasteiger partial charge in [0.1, 0.15) is 10.6 Å². The third-order valence-electron chi connectivity index (χ3n) is 5.48. The number of rotatable bonds is 4. The number of aryl methyl sites for hydroxylation is 2. The van der Waals surface area contributed by atoms with Crippen LogP contribution in [0.2, 0.25) is 5.02 Å². The van der Waals surface area contributed by atoms with Gasteiger partial charge in [-0.3, -0.25) is 9.59 Å². The Bertz CT molecular complexity index is 1030. The predicted octanol–water partition coefficient (Wildman–Crippen LogP) is 4.08. The number of halogens is 1. The van der Waals surface area contributed by atoms with Gasteiger partial charge in [0.15, 0.2) is 0 Å². The van der Waals surface area contributed by atoms with Crippen LogP contribution in [0.1, 0.15) is 11.1 Å². The van der Waals surface area contributed by atoms with Gasteiger partial charge in [-0.1, -0.05) is 35.5 Å². The van der Waals surface area contributed by atoms with Crippen molar-refractivity contribution in [1.29, 1.82) is 0 Å². The molecule has 0 aromatic heterocycles. The van der Waals surface area contributed by atoms with Crippen LogP contribution in [0.15, 0.2) is 58.0 Å². The number of imide groups is 1. The minimum absolute atomic E-state index is 0.241. The smallest absolute Gasteiger partial charge is 0.283 e. The summed E-state index contributed by atoms with van der Waals surface area (Å²) in [5, 5.41) is 0.637. The van der Waals surface area contributed by atoms with Crippen LogP contribution in [-0.2, 0) is 9.59 Å². The van der Waals surface area contributed by atoms with Gasteiger partial charge in [0.25, 0.3) is 11.8 Å². The number of likely N-dealkylation sites (N-methyl/N-ethyl adjacent to an activating group) is 1. The molecular weight excluding hydrogens is 418 g/mol. The second-order valence-corrected chi connectivity index (χ2v) is 9.28. The van der Waals surface area contributed by atoms with E-state index in [2.05, 4.69) is 16.8 Å². The lowest BCUT2D eigenvalue weighted by atomic mass is 10.1. The summed E-state index contributed by atoms with van der Waals surface area (Å²) in [6.07, 6.45) is 0. The van der Waals surface area contributed by atoms with E-state index in [9.17, 15) is 9.59 Å². The summed E-state index contributed by atoms with van der Waals surface area (Å²) in [6, 6.07) is 13.2. The molecule has 4 rings (SSSR count). The minimum Gasteiger partial charge on any atom is -0.363 e. The van der Waals surface area contributed by atoms with Gasteiger partial charge < -0.3 is 9.80 Å². The van der Waals surface area contributed by atoms with Crippen molar-refractivity contribution >= 4 is 40.9 Å². The maximum Gasteiger partial charge on any atom is 0.283 e. The maximum atomic E-state index is 13.6. The molecule has 0 unspecified atom stereocenters. The molecule has 0 aliphatic carbocycles. The largest absolute Gasteiger partial charge is 0.363 e. The highest BCUT2D eigenvalue weighted by molar-refractivity contribution is 8.04. The van der Waals surface area contributed by atoms with Crippen molar-refractivity contribution in [3.8, 4) is 0 Å². The molecule has 2 aliphatic heterocycles. The number of piperazine rings is 1. The summed E-state index contributed by atoms with van der Waals surface area (Å²) in [5.41, 5.74) is 3.08.